The van der Waals surface area contributed by atoms with Crippen LogP contribution in [0.3, 0.4) is 0 Å². The van der Waals surface area contributed by atoms with Gasteiger partial charge in [0.2, 0.25) is 0 Å². The molecule has 2 aromatic carbocycles. The Kier molecular flexibility index (Phi) is 4.88. The van der Waals surface area contributed by atoms with E-state index in [1.165, 1.54) is 7.11 Å². The van der Waals surface area contributed by atoms with Gasteiger partial charge in [0.15, 0.2) is 5.82 Å². The van der Waals surface area contributed by atoms with Crippen molar-refractivity contribution in [1.82, 2.24) is 14.9 Å². The standard InChI is InChI=1S/C19H19N3O4/c1-20-18(23)17-21-16-14(19(24)26-3)5-4-6-15(16)22(17)11-12-7-9-13(25-2)10-8-12/h4-10H,11H2,1-3H3,(H,20,23). The molecule has 7 heteroatoms. The van der Waals surface area contributed by atoms with Gasteiger partial charge in [-0.3, -0.25) is 4.79 Å². The first kappa shape index (κ1) is 17.5. The van der Waals surface area contributed by atoms with E-state index in [2.05, 4.69) is 10.3 Å². The van der Waals surface area contributed by atoms with Gasteiger partial charge in [0, 0.05) is 13.6 Å². The first-order valence-corrected chi connectivity index (χ1v) is 8.01. The van der Waals surface area contributed by atoms with Crippen LogP contribution in [-0.2, 0) is 11.3 Å². The maximum atomic E-state index is 12.3. The molecule has 1 N–H and O–H groups in total. The molecule has 0 atom stereocenters. The van der Waals surface area contributed by atoms with Crippen molar-refractivity contribution in [1.29, 1.82) is 0 Å². The summed E-state index contributed by atoms with van der Waals surface area (Å²) in [7, 11) is 4.46. The van der Waals surface area contributed by atoms with Crippen molar-refractivity contribution in [3.8, 4) is 5.75 Å². The quantitative estimate of drug-likeness (QED) is 0.712. The molecule has 0 spiro atoms. The summed E-state index contributed by atoms with van der Waals surface area (Å²) >= 11 is 0. The first-order chi connectivity index (χ1) is 12.6. The zero-order chi connectivity index (χ0) is 18.7. The molecule has 0 saturated carbocycles. The van der Waals surface area contributed by atoms with Crippen LogP contribution < -0.4 is 10.1 Å². The Bertz CT molecular complexity index is 961. The predicted octanol–water partition coefficient (Wildman–Crippen LogP) is 2.24. The van der Waals surface area contributed by atoms with E-state index in [-0.39, 0.29) is 11.7 Å². The van der Waals surface area contributed by atoms with Gasteiger partial charge in [-0.2, -0.15) is 0 Å². The zero-order valence-corrected chi connectivity index (χ0v) is 14.8. The number of carbonyl (C=O) groups excluding carboxylic acids is 2. The van der Waals surface area contributed by atoms with E-state index < -0.39 is 5.97 Å². The minimum atomic E-state index is -0.492. The molecule has 1 amide bonds. The van der Waals surface area contributed by atoms with Crippen LogP contribution in [0.1, 0.15) is 26.5 Å². The lowest BCUT2D eigenvalue weighted by Crippen LogP contribution is -2.23. The highest BCUT2D eigenvalue weighted by Crippen LogP contribution is 2.23. The average Bonchev–Trinajstić information content (AvgIpc) is 3.05. The summed E-state index contributed by atoms with van der Waals surface area (Å²) in [5, 5.41) is 2.59. The molecular formula is C19H19N3O4. The number of nitrogens with one attached hydrogen (secondary N) is 1. The maximum absolute atomic E-state index is 12.3. The second-order valence-corrected chi connectivity index (χ2v) is 5.61. The molecule has 0 aliphatic heterocycles. The van der Waals surface area contributed by atoms with Crippen molar-refractivity contribution in [2.45, 2.75) is 6.54 Å². The molecule has 3 aromatic rings. The Morgan fingerprint density at radius 3 is 2.46 bits per heavy atom. The van der Waals surface area contributed by atoms with Gasteiger partial charge in [-0.15, -0.1) is 0 Å². The van der Waals surface area contributed by atoms with Gasteiger partial charge in [0.1, 0.15) is 11.3 Å². The molecule has 1 aromatic heterocycles. The molecular weight excluding hydrogens is 334 g/mol. The van der Waals surface area contributed by atoms with Crippen LogP contribution in [0, 0.1) is 0 Å². The van der Waals surface area contributed by atoms with Crippen molar-refractivity contribution >= 4 is 22.9 Å². The van der Waals surface area contributed by atoms with Crippen molar-refractivity contribution in [2.24, 2.45) is 0 Å². The number of hydrogen-bond acceptors (Lipinski definition) is 5. The van der Waals surface area contributed by atoms with Gasteiger partial charge in [-0.05, 0) is 29.8 Å². The van der Waals surface area contributed by atoms with Crippen LogP contribution in [-0.4, -0.2) is 42.7 Å². The van der Waals surface area contributed by atoms with E-state index in [0.29, 0.717) is 23.1 Å². The Balaban J connectivity index is 2.14. The van der Waals surface area contributed by atoms with Crippen molar-refractivity contribution in [3.63, 3.8) is 0 Å². The number of aromatic nitrogens is 2. The fourth-order valence-electron chi connectivity index (χ4n) is 2.78. The van der Waals surface area contributed by atoms with E-state index >= 15 is 0 Å². The van der Waals surface area contributed by atoms with E-state index in [1.807, 2.05) is 30.3 Å². The monoisotopic (exact) mass is 353 g/mol. The van der Waals surface area contributed by atoms with E-state index in [4.69, 9.17) is 9.47 Å². The van der Waals surface area contributed by atoms with Crippen molar-refractivity contribution in [3.05, 3.63) is 59.4 Å². The Morgan fingerprint density at radius 1 is 1.12 bits per heavy atom. The fraction of sp³-hybridized carbons (Fsp3) is 0.211. The number of para-hydroxylation sites is 1. The molecule has 1 heterocycles. The Morgan fingerprint density at radius 2 is 1.85 bits per heavy atom. The zero-order valence-electron chi connectivity index (χ0n) is 14.8. The second kappa shape index (κ2) is 7.26. The summed E-state index contributed by atoms with van der Waals surface area (Å²) in [6.45, 7) is 0.424. The van der Waals surface area contributed by atoms with Gasteiger partial charge in [0.25, 0.3) is 5.91 Å². The summed E-state index contributed by atoms with van der Waals surface area (Å²) in [5.74, 6) is 0.164. The average molecular weight is 353 g/mol. The summed E-state index contributed by atoms with van der Waals surface area (Å²) in [6, 6.07) is 12.7. The SMILES string of the molecule is CNC(=O)c1nc2c(C(=O)OC)cccc2n1Cc1ccc(OC)cc1. The topological polar surface area (TPSA) is 82.5 Å². The Hall–Kier alpha value is -3.35. The lowest BCUT2D eigenvalue weighted by Gasteiger charge is -2.09. The summed E-state index contributed by atoms with van der Waals surface area (Å²) in [5.41, 5.74) is 2.41. The highest BCUT2D eigenvalue weighted by Gasteiger charge is 2.21. The molecule has 0 fully saturated rings. The summed E-state index contributed by atoms with van der Waals surface area (Å²) in [4.78, 5) is 28.8. The van der Waals surface area contributed by atoms with Crippen LogP contribution in [0.4, 0.5) is 0 Å². The van der Waals surface area contributed by atoms with Crippen LogP contribution in [0.5, 0.6) is 5.75 Å². The second-order valence-electron chi connectivity index (χ2n) is 5.61. The largest absolute Gasteiger partial charge is 0.497 e. The van der Waals surface area contributed by atoms with Gasteiger partial charge < -0.3 is 19.4 Å². The minimum absolute atomic E-state index is 0.231. The number of rotatable bonds is 5. The number of benzene rings is 2. The molecule has 0 radical (unpaired) electrons. The molecule has 26 heavy (non-hydrogen) atoms. The number of methoxy groups -OCH3 is 2. The summed E-state index contributed by atoms with van der Waals surface area (Å²) in [6.07, 6.45) is 0. The Labute approximate surface area is 150 Å². The van der Waals surface area contributed by atoms with Gasteiger partial charge in [-0.1, -0.05) is 18.2 Å². The minimum Gasteiger partial charge on any atom is -0.497 e. The number of fused-ring (bicyclic) bond motifs is 1. The van der Waals surface area contributed by atoms with E-state index in [9.17, 15) is 9.59 Å². The smallest absolute Gasteiger partial charge is 0.340 e. The third kappa shape index (κ3) is 3.11. The number of esters is 1. The maximum Gasteiger partial charge on any atom is 0.340 e. The number of imidazole rings is 1. The van der Waals surface area contributed by atoms with E-state index in [0.717, 1.165) is 11.3 Å². The lowest BCUT2D eigenvalue weighted by molar-refractivity contribution is 0.0602. The number of carbonyl (C=O) groups is 2. The summed E-state index contributed by atoms with van der Waals surface area (Å²) < 4.78 is 11.8. The van der Waals surface area contributed by atoms with Crippen LogP contribution in [0.15, 0.2) is 42.5 Å². The highest BCUT2D eigenvalue weighted by atomic mass is 16.5. The molecule has 0 aliphatic rings. The third-order valence-corrected chi connectivity index (χ3v) is 4.11. The molecule has 7 nitrogen and oxygen atoms in total. The van der Waals surface area contributed by atoms with Gasteiger partial charge in [-0.25, -0.2) is 9.78 Å². The van der Waals surface area contributed by atoms with Crippen LogP contribution in [0.25, 0.3) is 11.0 Å². The highest BCUT2D eigenvalue weighted by molar-refractivity contribution is 6.04. The van der Waals surface area contributed by atoms with Crippen LogP contribution in [0.2, 0.25) is 0 Å². The van der Waals surface area contributed by atoms with Crippen LogP contribution >= 0.6 is 0 Å². The number of hydrogen-bond donors (Lipinski definition) is 1. The number of ether oxygens (including phenoxy) is 2. The predicted molar refractivity (Wildman–Crippen MR) is 96.6 cm³/mol. The molecule has 0 unspecified atom stereocenters. The van der Waals surface area contributed by atoms with E-state index in [1.54, 1.807) is 30.9 Å². The lowest BCUT2D eigenvalue weighted by atomic mass is 10.1. The first-order valence-electron chi connectivity index (χ1n) is 8.01. The molecule has 134 valence electrons. The fourth-order valence-corrected chi connectivity index (χ4v) is 2.78. The normalized spacial score (nSPS) is 10.6. The number of amides is 1. The molecule has 3 rings (SSSR count). The molecule has 0 aliphatic carbocycles. The number of nitrogens with zero attached hydrogens (tertiary/aromatic N) is 2. The van der Waals surface area contributed by atoms with Gasteiger partial charge >= 0.3 is 5.97 Å². The van der Waals surface area contributed by atoms with Crippen molar-refractivity contribution in [2.75, 3.05) is 21.3 Å². The van der Waals surface area contributed by atoms with Gasteiger partial charge in [0.05, 0.1) is 25.3 Å². The third-order valence-electron chi connectivity index (χ3n) is 4.11. The molecule has 0 bridgehead atoms. The van der Waals surface area contributed by atoms with Crippen molar-refractivity contribution < 1.29 is 19.1 Å². The molecule has 0 saturated heterocycles.